The summed E-state index contributed by atoms with van der Waals surface area (Å²) in [5.74, 6) is 0.942. The maximum absolute atomic E-state index is 5.66. The maximum Gasteiger partial charge on any atom is 0.119 e. The average molecular weight is 283 g/mol. The van der Waals surface area contributed by atoms with Crippen LogP contribution in [0.5, 0.6) is 5.75 Å². The average Bonchev–Trinajstić information content (AvgIpc) is 2.50. The number of benzene rings is 2. The quantitative estimate of drug-likeness (QED) is 0.848. The third-order valence-electron chi connectivity index (χ3n) is 3.81. The van der Waals surface area contributed by atoms with E-state index in [1.165, 1.54) is 22.3 Å². The lowest BCUT2D eigenvalue weighted by molar-refractivity contribution is 0.317. The molecule has 0 radical (unpaired) electrons. The monoisotopic (exact) mass is 283 g/mol. The molecule has 0 bridgehead atoms. The largest absolute Gasteiger partial charge is 0.494 e. The number of hydrogen-bond donors (Lipinski definition) is 1. The molecule has 1 unspecified atom stereocenters. The minimum Gasteiger partial charge on any atom is -0.494 e. The Morgan fingerprint density at radius 2 is 1.62 bits per heavy atom. The molecule has 0 spiro atoms. The topological polar surface area (TPSA) is 21.3 Å². The summed E-state index contributed by atoms with van der Waals surface area (Å²) in [6.45, 7) is 7.23. The van der Waals surface area contributed by atoms with Gasteiger partial charge in [-0.25, -0.2) is 0 Å². The van der Waals surface area contributed by atoms with E-state index in [2.05, 4.69) is 68.6 Å². The Morgan fingerprint density at radius 1 is 1.00 bits per heavy atom. The van der Waals surface area contributed by atoms with Crippen molar-refractivity contribution in [2.45, 2.75) is 33.2 Å². The fourth-order valence-electron chi connectivity index (χ4n) is 2.74. The minimum absolute atomic E-state index is 0.214. The lowest BCUT2D eigenvalue weighted by atomic mass is 9.91. The van der Waals surface area contributed by atoms with Gasteiger partial charge in [0.2, 0.25) is 0 Å². The highest BCUT2D eigenvalue weighted by Crippen LogP contribution is 2.28. The van der Waals surface area contributed by atoms with E-state index in [1.54, 1.807) is 0 Å². The second-order valence-electron chi connectivity index (χ2n) is 5.44. The summed E-state index contributed by atoms with van der Waals surface area (Å²) in [5, 5.41) is 3.44. The molecule has 2 rings (SSSR count). The molecule has 21 heavy (non-hydrogen) atoms. The van der Waals surface area contributed by atoms with Gasteiger partial charge in [-0.05, 0) is 61.7 Å². The summed E-state index contributed by atoms with van der Waals surface area (Å²) in [6, 6.07) is 15.1. The highest BCUT2D eigenvalue weighted by molar-refractivity contribution is 5.43. The third-order valence-corrected chi connectivity index (χ3v) is 3.81. The van der Waals surface area contributed by atoms with Gasteiger partial charge in [0, 0.05) is 0 Å². The predicted molar refractivity (Wildman–Crippen MR) is 89.0 cm³/mol. The molecule has 2 aromatic rings. The van der Waals surface area contributed by atoms with Crippen molar-refractivity contribution in [3.63, 3.8) is 0 Å². The van der Waals surface area contributed by atoms with Crippen LogP contribution in [0, 0.1) is 13.8 Å². The number of rotatable bonds is 6. The van der Waals surface area contributed by atoms with Crippen molar-refractivity contribution >= 4 is 0 Å². The van der Waals surface area contributed by atoms with Crippen molar-refractivity contribution < 1.29 is 4.74 Å². The summed E-state index contributed by atoms with van der Waals surface area (Å²) in [4.78, 5) is 0. The number of nitrogens with one attached hydrogen (secondary N) is 1. The summed E-state index contributed by atoms with van der Waals surface area (Å²) >= 11 is 0. The summed E-state index contributed by atoms with van der Waals surface area (Å²) in [7, 11) is 2.01. The van der Waals surface area contributed by atoms with Crippen molar-refractivity contribution in [3.8, 4) is 5.75 Å². The Hall–Kier alpha value is -1.80. The van der Waals surface area contributed by atoms with Gasteiger partial charge in [-0.2, -0.15) is 0 Å². The zero-order valence-electron chi connectivity index (χ0n) is 13.4. The number of aryl methyl sites for hydroxylation is 2. The Kier molecular flexibility index (Phi) is 5.40. The van der Waals surface area contributed by atoms with Crippen LogP contribution in [-0.2, 0) is 0 Å². The van der Waals surface area contributed by atoms with Crippen LogP contribution in [0.4, 0.5) is 0 Å². The molecule has 1 N–H and O–H groups in total. The second kappa shape index (κ2) is 7.28. The summed E-state index contributed by atoms with van der Waals surface area (Å²) in [6.07, 6.45) is 1.03. The molecule has 1 atom stereocenters. The van der Waals surface area contributed by atoms with Gasteiger partial charge >= 0.3 is 0 Å². The van der Waals surface area contributed by atoms with E-state index in [9.17, 15) is 0 Å². The van der Waals surface area contributed by atoms with E-state index in [4.69, 9.17) is 4.74 Å². The molecule has 0 aromatic heterocycles. The third kappa shape index (κ3) is 3.64. The van der Waals surface area contributed by atoms with Crippen LogP contribution >= 0.6 is 0 Å². The van der Waals surface area contributed by atoms with Crippen molar-refractivity contribution in [1.29, 1.82) is 0 Å². The maximum atomic E-state index is 5.66. The van der Waals surface area contributed by atoms with Gasteiger partial charge in [-0.1, -0.05) is 37.3 Å². The van der Waals surface area contributed by atoms with Gasteiger partial charge in [-0.3, -0.25) is 0 Å². The Balaban J connectivity index is 2.29. The fourth-order valence-corrected chi connectivity index (χ4v) is 2.74. The van der Waals surface area contributed by atoms with Gasteiger partial charge in [0.05, 0.1) is 12.6 Å². The molecule has 0 amide bonds. The molecule has 2 aromatic carbocycles. The molecule has 0 aliphatic carbocycles. The molecule has 0 saturated carbocycles. The first kappa shape index (κ1) is 15.6. The predicted octanol–water partition coefficient (Wildman–Crippen LogP) is 4.40. The Morgan fingerprint density at radius 3 is 2.14 bits per heavy atom. The molecule has 2 heteroatoms. The van der Waals surface area contributed by atoms with Crippen molar-refractivity contribution in [3.05, 3.63) is 64.7 Å². The lowest BCUT2D eigenvalue weighted by Crippen LogP contribution is -2.19. The number of hydrogen-bond acceptors (Lipinski definition) is 2. The Labute approximate surface area is 128 Å². The van der Waals surface area contributed by atoms with Crippen LogP contribution < -0.4 is 10.1 Å². The smallest absolute Gasteiger partial charge is 0.119 e. The Bertz CT molecular complexity index is 554. The summed E-state index contributed by atoms with van der Waals surface area (Å²) in [5.41, 5.74) is 5.27. The summed E-state index contributed by atoms with van der Waals surface area (Å²) < 4.78 is 5.66. The van der Waals surface area contributed by atoms with Crippen LogP contribution in [0.2, 0.25) is 0 Å². The first-order valence-electron chi connectivity index (χ1n) is 7.63. The van der Waals surface area contributed by atoms with E-state index < -0.39 is 0 Å². The molecule has 2 nitrogen and oxygen atoms in total. The molecule has 0 heterocycles. The zero-order chi connectivity index (χ0) is 15.2. The van der Waals surface area contributed by atoms with Crippen LogP contribution in [0.25, 0.3) is 0 Å². The molecule has 0 saturated heterocycles. The fraction of sp³-hybridized carbons (Fsp3) is 0.368. The van der Waals surface area contributed by atoms with Gasteiger partial charge in [-0.15, -0.1) is 0 Å². The van der Waals surface area contributed by atoms with E-state index in [0.29, 0.717) is 0 Å². The SMILES string of the molecule is CCCOc1ccc(C(NC)c2c(C)cccc2C)cc1. The van der Waals surface area contributed by atoms with Crippen LogP contribution in [0.15, 0.2) is 42.5 Å². The lowest BCUT2D eigenvalue weighted by Gasteiger charge is -2.22. The van der Waals surface area contributed by atoms with Crippen LogP contribution in [0.3, 0.4) is 0 Å². The molecule has 0 fully saturated rings. The van der Waals surface area contributed by atoms with Crippen LogP contribution in [0.1, 0.15) is 41.6 Å². The number of ether oxygens (including phenoxy) is 1. The molecular formula is C19H25NO. The molecule has 112 valence electrons. The van der Waals surface area contributed by atoms with Crippen molar-refractivity contribution in [2.24, 2.45) is 0 Å². The van der Waals surface area contributed by atoms with Crippen molar-refractivity contribution in [2.75, 3.05) is 13.7 Å². The molecule has 0 aliphatic rings. The second-order valence-corrected chi connectivity index (χ2v) is 5.44. The molecule has 0 aliphatic heterocycles. The van der Waals surface area contributed by atoms with E-state index in [1.807, 2.05) is 7.05 Å². The van der Waals surface area contributed by atoms with Gasteiger partial charge in [0.1, 0.15) is 5.75 Å². The van der Waals surface area contributed by atoms with Gasteiger partial charge in [0.25, 0.3) is 0 Å². The van der Waals surface area contributed by atoms with Gasteiger partial charge < -0.3 is 10.1 Å². The minimum atomic E-state index is 0.214. The van der Waals surface area contributed by atoms with E-state index in [0.717, 1.165) is 18.8 Å². The van der Waals surface area contributed by atoms with E-state index >= 15 is 0 Å². The van der Waals surface area contributed by atoms with E-state index in [-0.39, 0.29) is 6.04 Å². The van der Waals surface area contributed by atoms with Crippen molar-refractivity contribution in [1.82, 2.24) is 5.32 Å². The highest BCUT2D eigenvalue weighted by Gasteiger charge is 2.16. The standard InChI is InChI=1S/C19H25NO/c1-5-13-21-17-11-9-16(10-12-17)19(20-4)18-14(2)7-6-8-15(18)3/h6-12,19-20H,5,13H2,1-4H3. The first-order valence-corrected chi connectivity index (χ1v) is 7.63. The normalized spacial score (nSPS) is 12.2. The molecular weight excluding hydrogens is 258 g/mol. The first-order chi connectivity index (χ1) is 10.2. The highest BCUT2D eigenvalue weighted by atomic mass is 16.5. The van der Waals surface area contributed by atoms with Crippen LogP contribution in [-0.4, -0.2) is 13.7 Å². The van der Waals surface area contributed by atoms with Gasteiger partial charge in [0.15, 0.2) is 0 Å². The zero-order valence-corrected chi connectivity index (χ0v) is 13.4.